The summed E-state index contributed by atoms with van der Waals surface area (Å²) in [6, 6.07) is -0.287. The minimum atomic E-state index is -0.287. The van der Waals surface area contributed by atoms with Crippen LogP contribution < -0.4 is 0 Å². The monoisotopic (exact) mass is 296 g/mol. The molecule has 2 aliphatic heterocycles. The molecule has 0 spiro atoms. The summed E-state index contributed by atoms with van der Waals surface area (Å²) in [5.41, 5.74) is 0. The first-order chi connectivity index (χ1) is 9.69. The van der Waals surface area contributed by atoms with E-state index in [-0.39, 0.29) is 30.9 Å². The Morgan fingerprint density at radius 3 is 3.10 bits per heavy atom. The number of hydrogen-bond donors (Lipinski definition) is 0. The zero-order chi connectivity index (χ0) is 14.1. The van der Waals surface area contributed by atoms with Crippen LogP contribution in [0.3, 0.4) is 0 Å². The lowest BCUT2D eigenvalue weighted by Gasteiger charge is -2.35. The lowest BCUT2D eigenvalue weighted by Crippen LogP contribution is -2.56. The van der Waals surface area contributed by atoms with Crippen molar-refractivity contribution in [3.8, 4) is 0 Å². The average Bonchev–Trinajstić information content (AvgIpc) is 3.05. The third-order valence-electron chi connectivity index (χ3n) is 3.61. The molecule has 0 radical (unpaired) electrons. The molecule has 1 aromatic heterocycles. The van der Waals surface area contributed by atoms with Crippen LogP contribution in [0.15, 0.2) is 4.52 Å². The van der Waals surface area contributed by atoms with Crippen molar-refractivity contribution in [1.29, 1.82) is 0 Å². The smallest absolute Gasteiger partial charge is 0.246 e. The molecule has 2 fully saturated rings. The van der Waals surface area contributed by atoms with Gasteiger partial charge in [0.2, 0.25) is 17.7 Å². The fourth-order valence-electron chi connectivity index (χ4n) is 2.70. The Bertz CT molecular complexity index is 533. The van der Waals surface area contributed by atoms with Gasteiger partial charge in [0.15, 0.2) is 5.82 Å². The summed E-state index contributed by atoms with van der Waals surface area (Å²) in [6.07, 6.45) is 3.61. The first-order valence-corrected chi connectivity index (χ1v) is 7.97. The lowest BCUT2D eigenvalue weighted by atomic mass is 10.1. The Morgan fingerprint density at radius 1 is 1.45 bits per heavy atom. The van der Waals surface area contributed by atoms with Crippen LogP contribution in [0.4, 0.5) is 0 Å². The molecule has 0 aromatic carbocycles. The van der Waals surface area contributed by atoms with Gasteiger partial charge in [-0.05, 0) is 19.1 Å². The van der Waals surface area contributed by atoms with Crippen LogP contribution >= 0.6 is 11.8 Å². The molecule has 0 saturated carbocycles. The molecule has 1 atom stereocenters. The van der Waals surface area contributed by atoms with Crippen LogP contribution in [-0.4, -0.2) is 57.1 Å². The third-order valence-corrected chi connectivity index (χ3v) is 4.15. The highest BCUT2D eigenvalue weighted by Gasteiger charge is 2.42. The molecule has 1 aromatic rings. The number of piperazine rings is 1. The Kier molecular flexibility index (Phi) is 3.64. The zero-order valence-corrected chi connectivity index (χ0v) is 12.1. The molecule has 0 unspecified atom stereocenters. The number of fused-ring (bicyclic) bond motifs is 1. The number of amides is 2. The van der Waals surface area contributed by atoms with E-state index in [1.165, 1.54) is 4.90 Å². The predicted octanol–water partition coefficient (Wildman–Crippen LogP) is 0.266. The predicted molar refractivity (Wildman–Crippen MR) is 71.7 cm³/mol. The van der Waals surface area contributed by atoms with Crippen molar-refractivity contribution in [3.05, 3.63) is 11.7 Å². The SMILES string of the molecule is CSCc1noc(CN2CC(=O)N3CCC[C@H]3C2=O)n1. The van der Waals surface area contributed by atoms with E-state index in [1.807, 2.05) is 6.26 Å². The molecule has 2 amide bonds. The number of thioether (sulfide) groups is 1. The molecule has 20 heavy (non-hydrogen) atoms. The van der Waals surface area contributed by atoms with Crippen molar-refractivity contribution < 1.29 is 14.1 Å². The quantitative estimate of drug-likeness (QED) is 0.793. The first kappa shape index (κ1) is 13.4. The topological polar surface area (TPSA) is 79.5 Å². The second kappa shape index (κ2) is 5.43. The summed E-state index contributed by atoms with van der Waals surface area (Å²) >= 11 is 1.60. The van der Waals surface area contributed by atoms with E-state index in [0.29, 0.717) is 24.0 Å². The molecule has 0 aliphatic carbocycles. The Morgan fingerprint density at radius 2 is 2.30 bits per heavy atom. The fraction of sp³-hybridized carbons (Fsp3) is 0.667. The fourth-order valence-corrected chi connectivity index (χ4v) is 3.08. The first-order valence-electron chi connectivity index (χ1n) is 6.57. The second-order valence-corrected chi connectivity index (χ2v) is 5.84. The summed E-state index contributed by atoms with van der Waals surface area (Å²) in [5, 5.41) is 3.84. The molecule has 2 aliphatic rings. The highest BCUT2D eigenvalue weighted by molar-refractivity contribution is 7.97. The maximum atomic E-state index is 12.3. The number of hydrogen-bond acceptors (Lipinski definition) is 6. The van der Waals surface area contributed by atoms with Gasteiger partial charge in [0.25, 0.3) is 0 Å². The maximum Gasteiger partial charge on any atom is 0.246 e. The van der Waals surface area contributed by atoms with Gasteiger partial charge in [-0.1, -0.05) is 5.16 Å². The Hall–Kier alpha value is -1.57. The number of carbonyl (C=O) groups is 2. The maximum absolute atomic E-state index is 12.3. The van der Waals surface area contributed by atoms with Crippen molar-refractivity contribution in [2.45, 2.75) is 31.2 Å². The minimum Gasteiger partial charge on any atom is -0.337 e. The van der Waals surface area contributed by atoms with E-state index in [0.717, 1.165) is 12.8 Å². The molecule has 2 saturated heterocycles. The largest absolute Gasteiger partial charge is 0.337 e. The molecular weight excluding hydrogens is 280 g/mol. The Balaban J connectivity index is 1.70. The standard InChI is InChI=1S/C12H16N4O3S/c1-20-7-9-13-10(19-14-9)5-15-6-11(17)16-4-2-3-8(16)12(15)18/h8H,2-7H2,1H3/t8-/m0/s1. The van der Waals surface area contributed by atoms with Crippen LogP contribution in [-0.2, 0) is 21.9 Å². The van der Waals surface area contributed by atoms with Crippen molar-refractivity contribution >= 4 is 23.6 Å². The van der Waals surface area contributed by atoms with Gasteiger partial charge < -0.3 is 14.3 Å². The molecule has 3 heterocycles. The van der Waals surface area contributed by atoms with Gasteiger partial charge in [0.05, 0.1) is 5.75 Å². The minimum absolute atomic E-state index is 0.00767. The van der Waals surface area contributed by atoms with Gasteiger partial charge in [-0.15, -0.1) is 0 Å². The van der Waals surface area contributed by atoms with Gasteiger partial charge in [0, 0.05) is 6.54 Å². The van der Waals surface area contributed by atoms with Gasteiger partial charge in [0.1, 0.15) is 19.1 Å². The number of nitrogens with zero attached hydrogens (tertiary/aromatic N) is 4. The average molecular weight is 296 g/mol. The van der Waals surface area contributed by atoms with Crippen LogP contribution in [0.25, 0.3) is 0 Å². The van der Waals surface area contributed by atoms with E-state index >= 15 is 0 Å². The third kappa shape index (κ3) is 2.39. The van der Waals surface area contributed by atoms with Crippen molar-refractivity contribution in [3.63, 3.8) is 0 Å². The summed E-state index contributed by atoms with van der Waals surface area (Å²) < 4.78 is 5.12. The van der Waals surface area contributed by atoms with E-state index in [4.69, 9.17) is 4.52 Å². The van der Waals surface area contributed by atoms with Crippen molar-refractivity contribution in [2.24, 2.45) is 0 Å². The van der Waals surface area contributed by atoms with Crippen molar-refractivity contribution in [1.82, 2.24) is 19.9 Å². The molecular formula is C12H16N4O3S. The summed E-state index contributed by atoms with van der Waals surface area (Å²) in [4.78, 5) is 31.7. The van der Waals surface area contributed by atoms with Crippen LogP contribution in [0.2, 0.25) is 0 Å². The summed E-state index contributed by atoms with van der Waals surface area (Å²) in [6.45, 7) is 1.02. The lowest BCUT2D eigenvalue weighted by molar-refractivity contribution is -0.154. The van der Waals surface area contributed by atoms with Crippen LogP contribution in [0.1, 0.15) is 24.6 Å². The zero-order valence-electron chi connectivity index (χ0n) is 11.2. The highest BCUT2D eigenvalue weighted by Crippen LogP contribution is 2.24. The van der Waals surface area contributed by atoms with Gasteiger partial charge in [-0.2, -0.15) is 16.7 Å². The van der Waals surface area contributed by atoms with Crippen LogP contribution in [0, 0.1) is 0 Å². The Labute approximate surface area is 120 Å². The second-order valence-electron chi connectivity index (χ2n) is 4.98. The molecule has 108 valence electrons. The molecule has 0 bridgehead atoms. The van der Waals surface area contributed by atoms with Crippen LogP contribution in [0.5, 0.6) is 0 Å². The van der Waals surface area contributed by atoms with E-state index in [2.05, 4.69) is 10.1 Å². The number of carbonyl (C=O) groups excluding carboxylic acids is 2. The summed E-state index contributed by atoms with van der Waals surface area (Å²) in [7, 11) is 0. The van der Waals surface area contributed by atoms with Gasteiger partial charge in [-0.3, -0.25) is 9.59 Å². The van der Waals surface area contributed by atoms with E-state index in [1.54, 1.807) is 16.7 Å². The normalized spacial score (nSPS) is 22.6. The van der Waals surface area contributed by atoms with Gasteiger partial charge in [-0.25, -0.2) is 0 Å². The molecule has 3 rings (SSSR count). The van der Waals surface area contributed by atoms with Crippen molar-refractivity contribution in [2.75, 3.05) is 19.3 Å². The highest BCUT2D eigenvalue weighted by atomic mass is 32.2. The van der Waals surface area contributed by atoms with Gasteiger partial charge >= 0.3 is 0 Å². The van der Waals surface area contributed by atoms with E-state index in [9.17, 15) is 9.59 Å². The number of aromatic nitrogens is 2. The summed E-state index contributed by atoms with van der Waals surface area (Å²) in [5.74, 6) is 1.68. The number of rotatable bonds is 4. The molecule has 7 nitrogen and oxygen atoms in total. The molecule has 0 N–H and O–H groups in total. The van der Waals surface area contributed by atoms with E-state index < -0.39 is 0 Å². The molecule has 8 heteroatoms.